The van der Waals surface area contributed by atoms with Crippen LogP contribution in [0.25, 0.3) is 11.4 Å². The Labute approximate surface area is 163 Å². The molecule has 0 aliphatic heterocycles. The van der Waals surface area contributed by atoms with Gasteiger partial charge in [0.25, 0.3) is 0 Å². The number of hydrogen-bond acceptors (Lipinski definition) is 5. The van der Waals surface area contributed by atoms with Gasteiger partial charge in [-0.25, -0.2) is 0 Å². The standard InChI is InChI=1S/C17H17BrN4OS2/c1-3-22-16(12-8-11(2)24-9-12)20-21-17(22)25-10-15(23)19-14-6-4-13(18)5-7-14/h4-9H,3,10H2,1-2H3,(H,19,23). The van der Waals surface area contributed by atoms with Crippen molar-refractivity contribution in [3.05, 3.63) is 45.1 Å². The Morgan fingerprint density at radius 3 is 2.72 bits per heavy atom. The SMILES string of the molecule is CCn1c(SCC(=O)Nc2ccc(Br)cc2)nnc1-c1csc(C)c1. The number of benzene rings is 1. The molecule has 25 heavy (non-hydrogen) atoms. The summed E-state index contributed by atoms with van der Waals surface area (Å²) >= 11 is 6.47. The molecule has 3 aromatic rings. The number of halogens is 1. The Morgan fingerprint density at radius 2 is 2.08 bits per heavy atom. The summed E-state index contributed by atoms with van der Waals surface area (Å²) < 4.78 is 3.02. The van der Waals surface area contributed by atoms with Crippen LogP contribution in [0.1, 0.15) is 11.8 Å². The third kappa shape index (κ3) is 4.50. The topological polar surface area (TPSA) is 59.8 Å². The highest BCUT2D eigenvalue weighted by molar-refractivity contribution is 9.10. The maximum Gasteiger partial charge on any atom is 0.234 e. The van der Waals surface area contributed by atoms with E-state index in [0.717, 1.165) is 33.2 Å². The van der Waals surface area contributed by atoms with Crippen molar-refractivity contribution < 1.29 is 4.79 Å². The summed E-state index contributed by atoms with van der Waals surface area (Å²) in [4.78, 5) is 13.4. The average molecular weight is 437 g/mol. The van der Waals surface area contributed by atoms with E-state index in [1.807, 2.05) is 28.8 Å². The number of nitrogens with zero attached hydrogens (tertiary/aromatic N) is 3. The van der Waals surface area contributed by atoms with Crippen LogP contribution < -0.4 is 5.32 Å². The van der Waals surface area contributed by atoms with Gasteiger partial charge < -0.3 is 9.88 Å². The van der Waals surface area contributed by atoms with Crippen molar-refractivity contribution in [3.63, 3.8) is 0 Å². The molecular weight excluding hydrogens is 420 g/mol. The third-order valence-corrected chi connectivity index (χ3v) is 5.84. The lowest BCUT2D eigenvalue weighted by molar-refractivity contribution is -0.113. The lowest BCUT2D eigenvalue weighted by Gasteiger charge is -2.07. The lowest BCUT2D eigenvalue weighted by Crippen LogP contribution is -2.14. The summed E-state index contributed by atoms with van der Waals surface area (Å²) in [7, 11) is 0. The highest BCUT2D eigenvalue weighted by Crippen LogP contribution is 2.27. The summed E-state index contributed by atoms with van der Waals surface area (Å²) in [6.45, 7) is 4.88. The van der Waals surface area contributed by atoms with Crippen LogP contribution in [-0.2, 0) is 11.3 Å². The Bertz CT molecular complexity index is 873. The van der Waals surface area contributed by atoms with E-state index in [4.69, 9.17) is 0 Å². The van der Waals surface area contributed by atoms with Crippen LogP contribution in [0, 0.1) is 6.92 Å². The molecule has 0 radical (unpaired) electrons. The molecule has 0 aliphatic carbocycles. The Balaban J connectivity index is 1.66. The first kappa shape index (κ1) is 18.2. The van der Waals surface area contributed by atoms with Crippen LogP contribution in [0.4, 0.5) is 5.69 Å². The van der Waals surface area contributed by atoms with Crippen molar-refractivity contribution in [2.24, 2.45) is 0 Å². The molecule has 3 rings (SSSR count). The number of nitrogens with one attached hydrogen (secondary N) is 1. The molecule has 1 N–H and O–H groups in total. The second-order valence-electron chi connectivity index (χ2n) is 5.34. The van der Waals surface area contributed by atoms with Crippen LogP contribution in [0.2, 0.25) is 0 Å². The van der Waals surface area contributed by atoms with Crippen molar-refractivity contribution in [2.45, 2.75) is 25.5 Å². The molecule has 1 aromatic carbocycles. The first-order chi connectivity index (χ1) is 12.1. The van der Waals surface area contributed by atoms with Gasteiger partial charge in [0.2, 0.25) is 5.91 Å². The molecule has 0 bridgehead atoms. The van der Waals surface area contributed by atoms with Crippen LogP contribution in [-0.4, -0.2) is 26.4 Å². The summed E-state index contributed by atoms with van der Waals surface area (Å²) in [6, 6.07) is 9.61. The van der Waals surface area contributed by atoms with Gasteiger partial charge in [-0.1, -0.05) is 27.7 Å². The lowest BCUT2D eigenvalue weighted by atomic mass is 10.3. The summed E-state index contributed by atoms with van der Waals surface area (Å²) in [5.74, 6) is 1.07. The minimum atomic E-state index is -0.0640. The Morgan fingerprint density at radius 1 is 1.32 bits per heavy atom. The molecule has 0 saturated heterocycles. The number of anilines is 1. The van der Waals surface area contributed by atoms with Crippen molar-refractivity contribution >= 4 is 50.6 Å². The third-order valence-electron chi connectivity index (χ3n) is 3.48. The van der Waals surface area contributed by atoms with Crippen LogP contribution in [0.15, 0.2) is 45.3 Å². The molecule has 0 atom stereocenters. The predicted octanol–water partition coefficient (Wildman–Crippen LogP) is 4.83. The Kier molecular flexibility index (Phi) is 5.93. The molecule has 2 heterocycles. The quantitative estimate of drug-likeness (QED) is 0.562. The molecule has 0 aliphatic rings. The zero-order valence-corrected chi connectivity index (χ0v) is 17.0. The summed E-state index contributed by atoms with van der Waals surface area (Å²) in [5.41, 5.74) is 1.85. The first-order valence-electron chi connectivity index (χ1n) is 7.73. The van der Waals surface area contributed by atoms with Gasteiger partial charge in [-0.05, 0) is 44.2 Å². The van der Waals surface area contributed by atoms with E-state index in [2.05, 4.69) is 56.7 Å². The second kappa shape index (κ2) is 8.16. The molecule has 5 nitrogen and oxygen atoms in total. The number of hydrogen-bond donors (Lipinski definition) is 1. The van der Waals surface area contributed by atoms with Crippen LogP contribution in [0.5, 0.6) is 0 Å². The smallest absolute Gasteiger partial charge is 0.234 e. The molecule has 0 saturated carbocycles. The van der Waals surface area contributed by atoms with E-state index in [1.54, 1.807) is 11.3 Å². The van der Waals surface area contributed by atoms with E-state index in [9.17, 15) is 4.79 Å². The fourth-order valence-corrected chi connectivity index (χ4v) is 4.06. The highest BCUT2D eigenvalue weighted by Gasteiger charge is 2.15. The molecule has 130 valence electrons. The molecule has 8 heteroatoms. The number of aryl methyl sites for hydroxylation is 1. The van der Waals surface area contributed by atoms with Gasteiger partial charge in [-0.15, -0.1) is 21.5 Å². The van der Waals surface area contributed by atoms with Gasteiger partial charge >= 0.3 is 0 Å². The zero-order chi connectivity index (χ0) is 17.8. The van der Waals surface area contributed by atoms with Crippen molar-refractivity contribution in [1.82, 2.24) is 14.8 Å². The fourth-order valence-electron chi connectivity index (χ4n) is 2.32. The van der Waals surface area contributed by atoms with E-state index in [-0.39, 0.29) is 11.7 Å². The van der Waals surface area contributed by atoms with Crippen LogP contribution in [0.3, 0.4) is 0 Å². The number of rotatable bonds is 6. The summed E-state index contributed by atoms with van der Waals surface area (Å²) in [6.07, 6.45) is 0. The molecule has 0 fully saturated rings. The van der Waals surface area contributed by atoms with Gasteiger partial charge in [0.15, 0.2) is 11.0 Å². The van der Waals surface area contributed by atoms with Gasteiger partial charge in [0.1, 0.15) is 0 Å². The van der Waals surface area contributed by atoms with Crippen molar-refractivity contribution in [1.29, 1.82) is 0 Å². The average Bonchev–Trinajstić information content (AvgIpc) is 3.20. The minimum Gasteiger partial charge on any atom is -0.325 e. The van der Waals surface area contributed by atoms with E-state index in [1.165, 1.54) is 16.6 Å². The number of carbonyl (C=O) groups excluding carboxylic acids is 1. The molecule has 1 amide bonds. The number of amides is 1. The van der Waals surface area contributed by atoms with E-state index < -0.39 is 0 Å². The molecule has 2 aromatic heterocycles. The number of thioether (sulfide) groups is 1. The summed E-state index contributed by atoms with van der Waals surface area (Å²) in [5, 5.41) is 14.3. The first-order valence-corrected chi connectivity index (χ1v) is 10.4. The highest BCUT2D eigenvalue weighted by atomic mass is 79.9. The van der Waals surface area contributed by atoms with Crippen LogP contribution >= 0.6 is 39.0 Å². The van der Waals surface area contributed by atoms with Crippen molar-refractivity contribution in [2.75, 3.05) is 11.1 Å². The Hall–Kier alpha value is -1.64. The number of aromatic nitrogens is 3. The van der Waals surface area contributed by atoms with E-state index in [0.29, 0.717) is 0 Å². The fraction of sp³-hybridized carbons (Fsp3) is 0.235. The second-order valence-corrected chi connectivity index (χ2v) is 8.31. The number of thiophene rings is 1. The minimum absolute atomic E-state index is 0.0640. The predicted molar refractivity (Wildman–Crippen MR) is 107 cm³/mol. The molecule has 0 unspecified atom stereocenters. The van der Waals surface area contributed by atoms with E-state index >= 15 is 0 Å². The van der Waals surface area contributed by atoms with Gasteiger partial charge in [-0.2, -0.15) is 0 Å². The monoisotopic (exact) mass is 436 g/mol. The van der Waals surface area contributed by atoms with Gasteiger partial charge in [0, 0.05) is 32.5 Å². The zero-order valence-electron chi connectivity index (χ0n) is 13.8. The molecular formula is C17H17BrN4OS2. The largest absolute Gasteiger partial charge is 0.325 e. The van der Waals surface area contributed by atoms with Gasteiger partial charge in [0.05, 0.1) is 5.75 Å². The van der Waals surface area contributed by atoms with Gasteiger partial charge in [-0.3, -0.25) is 4.79 Å². The molecule has 0 spiro atoms. The van der Waals surface area contributed by atoms with Crippen molar-refractivity contribution in [3.8, 4) is 11.4 Å². The maximum atomic E-state index is 12.2. The normalized spacial score (nSPS) is 10.8. The number of carbonyl (C=O) groups is 1. The maximum absolute atomic E-state index is 12.2.